The molecule has 0 amide bonds. The van der Waals surface area contributed by atoms with E-state index in [1.165, 1.54) is 0 Å². The summed E-state index contributed by atoms with van der Waals surface area (Å²) in [5.74, 6) is 0.775. The minimum Gasteiger partial charge on any atom is -0.478 e. The second-order valence-corrected chi connectivity index (χ2v) is 3.67. The summed E-state index contributed by atoms with van der Waals surface area (Å²) in [5.41, 5.74) is 1.07. The molecule has 0 spiro atoms. The van der Waals surface area contributed by atoms with Crippen LogP contribution in [-0.4, -0.2) is 25.9 Å². The van der Waals surface area contributed by atoms with E-state index in [1.54, 1.807) is 0 Å². The van der Waals surface area contributed by atoms with Crippen LogP contribution in [0.3, 0.4) is 0 Å². The number of ether oxygens (including phenoxy) is 2. The SMILES string of the molecule is N#CCOc1ccccc1CNC1COC1. The Bertz CT molecular complexity index is 383. The van der Waals surface area contributed by atoms with E-state index in [0.717, 1.165) is 31.1 Å². The zero-order valence-corrected chi connectivity index (χ0v) is 8.98. The Morgan fingerprint density at radius 3 is 2.94 bits per heavy atom. The van der Waals surface area contributed by atoms with E-state index in [0.29, 0.717) is 6.04 Å². The third kappa shape index (κ3) is 2.72. The van der Waals surface area contributed by atoms with E-state index in [2.05, 4.69) is 5.32 Å². The maximum absolute atomic E-state index is 8.48. The van der Waals surface area contributed by atoms with Crippen LogP contribution in [0, 0.1) is 11.3 Å². The molecule has 0 unspecified atom stereocenters. The third-order valence-corrected chi connectivity index (χ3v) is 2.48. The standard InChI is InChI=1S/C12H14N2O2/c13-5-6-16-12-4-2-1-3-10(12)7-14-11-8-15-9-11/h1-4,11,14H,6-9H2. The highest BCUT2D eigenvalue weighted by Gasteiger charge is 2.17. The van der Waals surface area contributed by atoms with Crippen molar-refractivity contribution in [1.82, 2.24) is 5.32 Å². The number of rotatable bonds is 5. The average Bonchev–Trinajstić information content (AvgIpc) is 2.26. The minimum atomic E-state index is 0.0869. The molecular weight excluding hydrogens is 204 g/mol. The molecule has 1 aromatic carbocycles. The smallest absolute Gasteiger partial charge is 0.174 e. The second-order valence-electron chi connectivity index (χ2n) is 3.67. The fraction of sp³-hybridized carbons (Fsp3) is 0.417. The summed E-state index contributed by atoms with van der Waals surface area (Å²) in [5, 5.41) is 11.8. The molecule has 0 aromatic heterocycles. The maximum Gasteiger partial charge on any atom is 0.174 e. The summed E-state index contributed by atoms with van der Waals surface area (Å²) < 4.78 is 10.4. The lowest BCUT2D eigenvalue weighted by atomic mass is 10.1. The maximum atomic E-state index is 8.48. The van der Waals surface area contributed by atoms with Gasteiger partial charge in [-0.15, -0.1) is 0 Å². The van der Waals surface area contributed by atoms with Gasteiger partial charge in [0.1, 0.15) is 11.8 Å². The van der Waals surface area contributed by atoms with Gasteiger partial charge in [-0.25, -0.2) is 0 Å². The van der Waals surface area contributed by atoms with E-state index in [9.17, 15) is 0 Å². The van der Waals surface area contributed by atoms with Gasteiger partial charge >= 0.3 is 0 Å². The summed E-state index contributed by atoms with van der Waals surface area (Å²) in [6.45, 7) is 2.39. The minimum absolute atomic E-state index is 0.0869. The van der Waals surface area contributed by atoms with Gasteiger partial charge in [-0.05, 0) is 6.07 Å². The largest absolute Gasteiger partial charge is 0.478 e. The predicted octanol–water partition coefficient (Wildman–Crippen LogP) is 1.08. The molecule has 1 heterocycles. The molecule has 0 radical (unpaired) electrons. The van der Waals surface area contributed by atoms with Crippen LogP contribution in [-0.2, 0) is 11.3 Å². The fourth-order valence-electron chi connectivity index (χ4n) is 1.51. The Kier molecular flexibility index (Phi) is 3.76. The summed E-state index contributed by atoms with van der Waals surface area (Å²) in [6.07, 6.45) is 0. The van der Waals surface area contributed by atoms with Crippen LogP contribution < -0.4 is 10.1 Å². The zero-order valence-electron chi connectivity index (χ0n) is 8.98. The van der Waals surface area contributed by atoms with Gasteiger partial charge in [0, 0.05) is 12.1 Å². The highest BCUT2D eigenvalue weighted by atomic mass is 16.5. The monoisotopic (exact) mass is 218 g/mol. The zero-order chi connectivity index (χ0) is 11.2. The van der Waals surface area contributed by atoms with Crippen LogP contribution >= 0.6 is 0 Å². The van der Waals surface area contributed by atoms with Crippen molar-refractivity contribution in [2.75, 3.05) is 19.8 Å². The van der Waals surface area contributed by atoms with Gasteiger partial charge in [0.25, 0.3) is 0 Å². The lowest BCUT2D eigenvalue weighted by Gasteiger charge is -2.27. The van der Waals surface area contributed by atoms with Gasteiger partial charge in [0.15, 0.2) is 6.61 Å². The van der Waals surface area contributed by atoms with Crippen LogP contribution in [0.25, 0.3) is 0 Å². The number of para-hydroxylation sites is 1. The first-order valence-electron chi connectivity index (χ1n) is 5.29. The van der Waals surface area contributed by atoms with Crippen molar-refractivity contribution in [3.05, 3.63) is 29.8 Å². The Morgan fingerprint density at radius 2 is 2.25 bits per heavy atom. The molecule has 0 aliphatic carbocycles. The fourth-order valence-corrected chi connectivity index (χ4v) is 1.51. The lowest BCUT2D eigenvalue weighted by Crippen LogP contribution is -2.45. The van der Waals surface area contributed by atoms with Crippen LogP contribution in [0.1, 0.15) is 5.56 Å². The van der Waals surface area contributed by atoms with Crippen molar-refractivity contribution in [3.63, 3.8) is 0 Å². The highest BCUT2D eigenvalue weighted by Crippen LogP contribution is 2.18. The molecule has 1 aliphatic rings. The van der Waals surface area contributed by atoms with Gasteiger partial charge in [0.2, 0.25) is 0 Å². The summed E-state index contributed by atoms with van der Waals surface area (Å²) in [7, 11) is 0. The van der Waals surface area contributed by atoms with E-state index in [4.69, 9.17) is 14.7 Å². The van der Waals surface area contributed by atoms with Gasteiger partial charge in [-0.1, -0.05) is 18.2 Å². The topological polar surface area (TPSA) is 54.3 Å². The van der Waals surface area contributed by atoms with Crippen molar-refractivity contribution in [1.29, 1.82) is 5.26 Å². The van der Waals surface area contributed by atoms with Crippen molar-refractivity contribution in [2.24, 2.45) is 0 Å². The molecule has 1 fully saturated rings. The first-order valence-corrected chi connectivity index (χ1v) is 5.29. The molecule has 1 aliphatic heterocycles. The Hall–Kier alpha value is -1.57. The predicted molar refractivity (Wildman–Crippen MR) is 59.0 cm³/mol. The average molecular weight is 218 g/mol. The number of hydrogen-bond donors (Lipinski definition) is 1. The molecule has 4 heteroatoms. The number of hydrogen-bond acceptors (Lipinski definition) is 4. The van der Waals surface area contributed by atoms with Crippen molar-refractivity contribution >= 4 is 0 Å². The van der Waals surface area contributed by atoms with Crippen LogP contribution in [0.15, 0.2) is 24.3 Å². The number of nitrogens with zero attached hydrogens (tertiary/aromatic N) is 1. The van der Waals surface area contributed by atoms with Crippen LogP contribution in [0.4, 0.5) is 0 Å². The lowest BCUT2D eigenvalue weighted by molar-refractivity contribution is -0.00585. The number of nitrogens with one attached hydrogen (secondary N) is 1. The van der Waals surface area contributed by atoms with E-state index in [-0.39, 0.29) is 6.61 Å². The second kappa shape index (κ2) is 5.50. The van der Waals surface area contributed by atoms with Gasteiger partial charge < -0.3 is 14.8 Å². The van der Waals surface area contributed by atoms with Crippen molar-refractivity contribution in [3.8, 4) is 11.8 Å². The molecule has 1 aromatic rings. The summed E-state index contributed by atoms with van der Waals surface area (Å²) >= 11 is 0. The molecule has 0 atom stereocenters. The molecule has 2 rings (SSSR count). The summed E-state index contributed by atoms with van der Waals surface area (Å²) in [6, 6.07) is 10.2. The molecule has 84 valence electrons. The first kappa shape index (κ1) is 10.9. The molecule has 0 saturated carbocycles. The van der Waals surface area contributed by atoms with Crippen molar-refractivity contribution < 1.29 is 9.47 Å². The first-order chi connectivity index (χ1) is 7.90. The quantitative estimate of drug-likeness (QED) is 0.803. The Morgan fingerprint density at radius 1 is 1.44 bits per heavy atom. The molecule has 1 saturated heterocycles. The number of benzene rings is 1. The van der Waals surface area contributed by atoms with Crippen LogP contribution in [0.2, 0.25) is 0 Å². The highest BCUT2D eigenvalue weighted by molar-refractivity contribution is 5.33. The Labute approximate surface area is 94.8 Å². The Balaban J connectivity index is 1.92. The molecule has 0 bridgehead atoms. The third-order valence-electron chi connectivity index (χ3n) is 2.48. The van der Waals surface area contributed by atoms with Crippen molar-refractivity contribution in [2.45, 2.75) is 12.6 Å². The van der Waals surface area contributed by atoms with E-state index >= 15 is 0 Å². The van der Waals surface area contributed by atoms with Gasteiger partial charge in [0.05, 0.1) is 19.3 Å². The molecular formula is C12H14N2O2. The summed E-state index contributed by atoms with van der Waals surface area (Å²) in [4.78, 5) is 0. The number of nitriles is 1. The normalized spacial score (nSPS) is 15.2. The van der Waals surface area contributed by atoms with Gasteiger partial charge in [-0.3, -0.25) is 0 Å². The molecule has 16 heavy (non-hydrogen) atoms. The van der Waals surface area contributed by atoms with Gasteiger partial charge in [-0.2, -0.15) is 5.26 Å². The van der Waals surface area contributed by atoms with E-state index < -0.39 is 0 Å². The van der Waals surface area contributed by atoms with Crippen LogP contribution in [0.5, 0.6) is 5.75 Å². The molecule has 1 N–H and O–H groups in total. The molecule has 4 nitrogen and oxygen atoms in total. The van der Waals surface area contributed by atoms with E-state index in [1.807, 2.05) is 30.3 Å².